The van der Waals surface area contributed by atoms with Crippen molar-refractivity contribution >= 4 is 5.97 Å². The minimum Gasteiger partial charge on any atom is -0.461 e. The van der Waals surface area contributed by atoms with Crippen LogP contribution >= 0.6 is 0 Å². The van der Waals surface area contributed by atoms with Crippen molar-refractivity contribution in [1.82, 2.24) is 9.55 Å². The number of carbonyl (C=O) groups excluding carboxylic acids is 1. The van der Waals surface area contributed by atoms with Gasteiger partial charge in [0.1, 0.15) is 11.8 Å². The van der Waals surface area contributed by atoms with E-state index >= 15 is 0 Å². The first-order chi connectivity index (χ1) is 13.1. The van der Waals surface area contributed by atoms with Crippen LogP contribution in [0.3, 0.4) is 0 Å². The number of aromatic nitrogens is 2. The Morgan fingerprint density at radius 3 is 2.41 bits per heavy atom. The molecule has 0 spiro atoms. The maximum atomic E-state index is 12.6. The molecule has 1 aromatic carbocycles. The summed E-state index contributed by atoms with van der Waals surface area (Å²) in [7, 11) is 1.80. The van der Waals surface area contributed by atoms with Crippen molar-refractivity contribution in [1.29, 1.82) is 5.26 Å². The number of carbonyl (C=O) groups is 1. The van der Waals surface area contributed by atoms with Crippen LogP contribution in [0, 0.1) is 11.3 Å². The zero-order chi connectivity index (χ0) is 19.4. The van der Waals surface area contributed by atoms with Crippen LogP contribution in [0.2, 0.25) is 0 Å². The number of benzene rings is 1. The lowest BCUT2D eigenvalue weighted by atomic mass is 9.97. The lowest BCUT2D eigenvalue weighted by Gasteiger charge is -2.09. The predicted molar refractivity (Wildman–Crippen MR) is 104 cm³/mol. The first-order valence-electron chi connectivity index (χ1n) is 8.91. The normalized spacial score (nSPS) is 10.4. The molecule has 0 saturated heterocycles. The molecule has 2 aromatic heterocycles. The van der Waals surface area contributed by atoms with Crippen molar-refractivity contribution in [3.8, 4) is 28.3 Å². The lowest BCUT2D eigenvalue weighted by molar-refractivity contribution is 0.0516. The zero-order valence-corrected chi connectivity index (χ0v) is 15.7. The Balaban J connectivity index is 2.15. The van der Waals surface area contributed by atoms with Crippen LogP contribution in [0.4, 0.5) is 0 Å². The quantitative estimate of drug-likeness (QED) is 0.635. The lowest BCUT2D eigenvalue weighted by Crippen LogP contribution is -2.12. The third-order valence-electron chi connectivity index (χ3n) is 4.60. The van der Waals surface area contributed by atoms with Crippen LogP contribution in [-0.4, -0.2) is 22.1 Å². The van der Waals surface area contributed by atoms with Gasteiger partial charge in [0.15, 0.2) is 0 Å². The molecule has 0 radical (unpaired) electrons. The predicted octanol–water partition coefficient (Wildman–Crippen LogP) is 4.36. The minimum absolute atomic E-state index is 0.284. The van der Waals surface area contributed by atoms with Crippen molar-refractivity contribution in [3.05, 3.63) is 65.7 Å². The van der Waals surface area contributed by atoms with Gasteiger partial charge in [-0.25, -0.2) is 4.79 Å². The molecule has 0 bridgehead atoms. The van der Waals surface area contributed by atoms with E-state index in [-0.39, 0.29) is 6.61 Å². The molecule has 136 valence electrons. The molecule has 3 aromatic rings. The number of ether oxygens (including phenoxy) is 1. The van der Waals surface area contributed by atoms with Gasteiger partial charge >= 0.3 is 5.97 Å². The molecule has 5 heteroatoms. The third-order valence-corrected chi connectivity index (χ3v) is 4.60. The average Bonchev–Trinajstić information content (AvgIpc) is 3.00. The van der Waals surface area contributed by atoms with E-state index in [2.05, 4.69) is 11.1 Å². The summed E-state index contributed by atoms with van der Waals surface area (Å²) in [5, 5.41) is 9.75. The first-order valence-corrected chi connectivity index (χ1v) is 8.91. The van der Waals surface area contributed by atoms with Crippen LogP contribution in [0.25, 0.3) is 22.3 Å². The number of nitriles is 1. The second-order valence-electron chi connectivity index (χ2n) is 6.11. The highest BCUT2D eigenvalue weighted by Gasteiger charge is 2.26. The molecular weight excluding hydrogens is 338 g/mol. The van der Waals surface area contributed by atoms with Gasteiger partial charge in [0.05, 0.1) is 12.2 Å². The summed E-state index contributed by atoms with van der Waals surface area (Å²) in [6.45, 7) is 4.03. The van der Waals surface area contributed by atoms with E-state index in [1.807, 2.05) is 43.3 Å². The molecule has 0 unspecified atom stereocenters. The van der Waals surface area contributed by atoms with Gasteiger partial charge in [-0.3, -0.25) is 4.98 Å². The Bertz CT molecular complexity index is 997. The van der Waals surface area contributed by atoms with Crippen LogP contribution in [-0.2, 0) is 18.2 Å². The molecule has 0 aliphatic carbocycles. The summed E-state index contributed by atoms with van der Waals surface area (Å²) in [5.41, 5.74) is 5.25. The molecule has 0 saturated carbocycles. The minimum atomic E-state index is -0.414. The Morgan fingerprint density at radius 2 is 1.85 bits per heavy atom. The molecule has 5 nitrogen and oxygen atoms in total. The summed E-state index contributed by atoms with van der Waals surface area (Å²) >= 11 is 0. The van der Waals surface area contributed by atoms with Crippen molar-refractivity contribution in [2.24, 2.45) is 7.05 Å². The van der Waals surface area contributed by atoms with Gasteiger partial charge < -0.3 is 9.30 Å². The van der Waals surface area contributed by atoms with Gasteiger partial charge in [0.25, 0.3) is 0 Å². The fourth-order valence-corrected chi connectivity index (χ4v) is 3.35. The van der Waals surface area contributed by atoms with Crippen LogP contribution < -0.4 is 0 Å². The van der Waals surface area contributed by atoms with E-state index in [0.29, 0.717) is 23.2 Å². The van der Waals surface area contributed by atoms with Gasteiger partial charge in [0, 0.05) is 30.7 Å². The Labute approximate surface area is 158 Å². The zero-order valence-electron chi connectivity index (χ0n) is 15.7. The highest BCUT2D eigenvalue weighted by molar-refractivity contribution is 5.98. The summed E-state index contributed by atoms with van der Waals surface area (Å²) in [5.74, 6) is -0.414. The number of nitrogens with zero attached hydrogens (tertiary/aromatic N) is 3. The highest BCUT2D eigenvalue weighted by atomic mass is 16.5. The fraction of sp³-hybridized carbons (Fsp3) is 0.227. The second kappa shape index (κ2) is 7.88. The molecule has 0 amide bonds. The highest BCUT2D eigenvalue weighted by Crippen LogP contribution is 2.34. The van der Waals surface area contributed by atoms with E-state index in [9.17, 15) is 10.1 Å². The molecule has 0 aliphatic rings. The maximum Gasteiger partial charge on any atom is 0.355 e. The summed E-state index contributed by atoms with van der Waals surface area (Å²) < 4.78 is 7.02. The van der Waals surface area contributed by atoms with E-state index in [1.165, 1.54) is 0 Å². The number of pyridine rings is 1. The largest absolute Gasteiger partial charge is 0.461 e. The second-order valence-corrected chi connectivity index (χ2v) is 6.11. The van der Waals surface area contributed by atoms with E-state index in [1.54, 1.807) is 30.9 Å². The molecule has 0 aliphatic heterocycles. The van der Waals surface area contributed by atoms with E-state index in [0.717, 1.165) is 22.4 Å². The molecule has 0 N–H and O–H groups in total. The van der Waals surface area contributed by atoms with Crippen molar-refractivity contribution in [3.63, 3.8) is 0 Å². The van der Waals surface area contributed by atoms with Crippen LogP contribution in [0.5, 0.6) is 0 Å². The van der Waals surface area contributed by atoms with Gasteiger partial charge in [-0.05, 0) is 36.1 Å². The van der Waals surface area contributed by atoms with Gasteiger partial charge in [-0.1, -0.05) is 37.3 Å². The monoisotopic (exact) mass is 359 g/mol. The molecule has 2 heterocycles. The van der Waals surface area contributed by atoms with Crippen molar-refractivity contribution < 1.29 is 9.53 Å². The van der Waals surface area contributed by atoms with E-state index < -0.39 is 5.97 Å². The van der Waals surface area contributed by atoms with Gasteiger partial charge in [-0.2, -0.15) is 5.26 Å². The SMILES string of the molecule is CCOC(=O)c1c(-c2ccc(-c3cccnc3)cc2)c(C#N)c(CC)n1C. The standard InChI is InChI=1S/C22H21N3O2/c1-4-19-18(13-23)20(21(25(19)3)22(26)27-5-2)16-10-8-15(9-11-16)17-7-6-12-24-14-17/h6-12,14H,4-5H2,1-3H3. The smallest absolute Gasteiger partial charge is 0.355 e. The molecule has 0 fully saturated rings. The first kappa shape index (κ1) is 18.4. The van der Waals surface area contributed by atoms with Crippen LogP contribution in [0.15, 0.2) is 48.8 Å². The number of hydrogen-bond donors (Lipinski definition) is 0. The molecular formula is C22H21N3O2. The number of rotatable bonds is 5. The summed E-state index contributed by atoms with van der Waals surface area (Å²) in [4.78, 5) is 16.7. The third kappa shape index (κ3) is 3.34. The number of hydrogen-bond acceptors (Lipinski definition) is 4. The Hall–Kier alpha value is -3.39. The van der Waals surface area contributed by atoms with E-state index in [4.69, 9.17) is 4.74 Å². The molecule has 3 rings (SSSR count). The Morgan fingerprint density at radius 1 is 1.15 bits per heavy atom. The van der Waals surface area contributed by atoms with Gasteiger partial charge in [0.2, 0.25) is 0 Å². The Kier molecular flexibility index (Phi) is 5.37. The maximum absolute atomic E-state index is 12.6. The topological polar surface area (TPSA) is 67.9 Å². The average molecular weight is 359 g/mol. The summed E-state index contributed by atoms with van der Waals surface area (Å²) in [6, 6.07) is 14.0. The number of esters is 1. The fourth-order valence-electron chi connectivity index (χ4n) is 3.35. The van der Waals surface area contributed by atoms with Gasteiger partial charge in [-0.15, -0.1) is 0 Å². The van der Waals surface area contributed by atoms with Crippen molar-refractivity contribution in [2.75, 3.05) is 6.61 Å². The van der Waals surface area contributed by atoms with Crippen molar-refractivity contribution in [2.45, 2.75) is 20.3 Å². The van der Waals surface area contributed by atoms with Crippen LogP contribution in [0.1, 0.15) is 35.6 Å². The molecule has 27 heavy (non-hydrogen) atoms. The molecule has 0 atom stereocenters. The summed E-state index contributed by atoms with van der Waals surface area (Å²) in [6.07, 6.45) is 4.19.